The van der Waals surface area contributed by atoms with Crippen molar-refractivity contribution in [2.24, 2.45) is 29.1 Å². The van der Waals surface area contributed by atoms with Crippen LogP contribution < -0.4 is 5.32 Å². The molecule has 0 aromatic carbocycles. The summed E-state index contributed by atoms with van der Waals surface area (Å²) in [7, 11) is 0. The van der Waals surface area contributed by atoms with E-state index < -0.39 is 0 Å². The van der Waals surface area contributed by atoms with Crippen molar-refractivity contribution >= 4 is 39.9 Å². The molecule has 1 N–H and O–H groups in total. The van der Waals surface area contributed by atoms with Crippen LogP contribution in [0.3, 0.4) is 0 Å². The Bertz CT molecular complexity index is 678. The SMILES string of the molecule is O=C(Nc1nnc(SCC(=O)C23CC4CC(CC(C4)C2)C3)s1)C1CC1. The zero-order valence-electron chi connectivity index (χ0n) is 14.2. The van der Waals surface area contributed by atoms with Gasteiger partial charge in [0, 0.05) is 11.3 Å². The molecule has 5 aliphatic rings. The summed E-state index contributed by atoms with van der Waals surface area (Å²) in [5, 5.41) is 11.6. The summed E-state index contributed by atoms with van der Waals surface area (Å²) < 4.78 is 0.782. The third kappa shape index (κ3) is 3.14. The van der Waals surface area contributed by atoms with E-state index in [2.05, 4.69) is 15.5 Å². The Hall–Kier alpha value is -0.950. The van der Waals surface area contributed by atoms with Gasteiger partial charge in [0.25, 0.3) is 0 Å². The van der Waals surface area contributed by atoms with E-state index in [-0.39, 0.29) is 17.2 Å². The molecule has 1 aromatic heterocycles. The van der Waals surface area contributed by atoms with Crippen LogP contribution >= 0.6 is 23.1 Å². The number of hydrogen-bond acceptors (Lipinski definition) is 6. The highest BCUT2D eigenvalue weighted by atomic mass is 32.2. The number of amides is 1. The Kier molecular flexibility index (Phi) is 3.93. The monoisotopic (exact) mass is 377 g/mol. The van der Waals surface area contributed by atoms with Crippen LogP contribution in [0, 0.1) is 29.1 Å². The molecule has 0 saturated heterocycles. The molecule has 134 valence electrons. The van der Waals surface area contributed by atoms with Crippen LogP contribution in [-0.4, -0.2) is 27.6 Å². The lowest BCUT2D eigenvalue weighted by Gasteiger charge is -2.56. The fraction of sp³-hybridized carbons (Fsp3) is 0.778. The Morgan fingerprint density at radius 1 is 1.08 bits per heavy atom. The number of nitrogens with one attached hydrogen (secondary N) is 1. The minimum atomic E-state index is -0.0323. The lowest BCUT2D eigenvalue weighted by Crippen LogP contribution is -2.50. The van der Waals surface area contributed by atoms with Crippen molar-refractivity contribution < 1.29 is 9.59 Å². The molecule has 5 saturated carbocycles. The maximum absolute atomic E-state index is 13.0. The second-order valence-corrected chi connectivity index (χ2v) is 10.7. The zero-order chi connectivity index (χ0) is 17.0. The molecule has 1 amide bonds. The average Bonchev–Trinajstić information content (AvgIpc) is 3.33. The Morgan fingerprint density at radius 2 is 1.72 bits per heavy atom. The summed E-state index contributed by atoms with van der Waals surface area (Å²) in [6.45, 7) is 0. The molecule has 5 fully saturated rings. The van der Waals surface area contributed by atoms with Crippen molar-refractivity contribution in [1.29, 1.82) is 0 Å². The first-order valence-electron chi connectivity index (χ1n) is 9.40. The lowest BCUT2D eigenvalue weighted by molar-refractivity contribution is -0.141. The first-order valence-corrected chi connectivity index (χ1v) is 11.2. The van der Waals surface area contributed by atoms with Crippen LogP contribution in [-0.2, 0) is 9.59 Å². The van der Waals surface area contributed by atoms with Crippen LogP contribution in [0.5, 0.6) is 0 Å². The van der Waals surface area contributed by atoms with E-state index in [1.165, 1.54) is 42.4 Å². The molecule has 0 atom stereocenters. The summed E-state index contributed by atoms with van der Waals surface area (Å²) >= 11 is 2.88. The van der Waals surface area contributed by atoms with E-state index >= 15 is 0 Å². The molecule has 0 spiro atoms. The second-order valence-electron chi connectivity index (χ2n) is 8.55. The smallest absolute Gasteiger partial charge is 0.229 e. The van der Waals surface area contributed by atoms with Gasteiger partial charge in [0.05, 0.1) is 5.75 Å². The molecule has 1 heterocycles. The highest BCUT2D eigenvalue weighted by molar-refractivity contribution is 8.01. The minimum absolute atomic E-state index is 0.0323. The van der Waals surface area contributed by atoms with Crippen molar-refractivity contribution in [3.8, 4) is 0 Å². The van der Waals surface area contributed by atoms with Crippen LogP contribution in [0.4, 0.5) is 5.13 Å². The number of carbonyl (C=O) groups is 2. The number of Topliss-reactive ketones (excluding diaryl/α,β-unsaturated/α-hetero) is 1. The maximum atomic E-state index is 13.0. The van der Waals surface area contributed by atoms with Gasteiger partial charge >= 0.3 is 0 Å². The van der Waals surface area contributed by atoms with Gasteiger partial charge in [0.2, 0.25) is 11.0 Å². The number of aromatic nitrogens is 2. The number of carbonyl (C=O) groups excluding carboxylic acids is 2. The van der Waals surface area contributed by atoms with Crippen molar-refractivity contribution in [3.05, 3.63) is 0 Å². The summed E-state index contributed by atoms with van der Waals surface area (Å²) in [4.78, 5) is 24.8. The Balaban J connectivity index is 1.19. The Labute approximate surface area is 155 Å². The average molecular weight is 378 g/mol. The zero-order valence-corrected chi connectivity index (χ0v) is 15.8. The number of rotatable bonds is 6. The van der Waals surface area contributed by atoms with Crippen LogP contribution in [0.25, 0.3) is 0 Å². The molecule has 1 aromatic rings. The largest absolute Gasteiger partial charge is 0.300 e. The van der Waals surface area contributed by atoms with E-state index in [1.54, 1.807) is 0 Å². The molecule has 7 heteroatoms. The predicted molar refractivity (Wildman–Crippen MR) is 97.6 cm³/mol. The van der Waals surface area contributed by atoms with Crippen LogP contribution in [0.2, 0.25) is 0 Å². The normalized spacial score (nSPS) is 35.8. The molecule has 0 unspecified atom stereocenters. The molecule has 4 bridgehead atoms. The number of ketones is 1. The van der Waals surface area contributed by atoms with Gasteiger partial charge in [0.15, 0.2) is 4.34 Å². The van der Waals surface area contributed by atoms with Crippen molar-refractivity contribution in [2.75, 3.05) is 11.1 Å². The van der Waals surface area contributed by atoms with E-state index in [1.807, 2.05) is 0 Å². The molecular weight excluding hydrogens is 354 g/mol. The van der Waals surface area contributed by atoms with Gasteiger partial charge in [-0.3, -0.25) is 9.59 Å². The number of nitrogens with zero attached hydrogens (tertiary/aromatic N) is 2. The van der Waals surface area contributed by atoms with Gasteiger partial charge in [-0.2, -0.15) is 0 Å². The fourth-order valence-corrected chi connectivity index (χ4v) is 7.39. The topological polar surface area (TPSA) is 72.0 Å². The van der Waals surface area contributed by atoms with Gasteiger partial charge < -0.3 is 5.32 Å². The molecule has 0 radical (unpaired) electrons. The van der Waals surface area contributed by atoms with Crippen molar-refractivity contribution in [2.45, 2.75) is 55.7 Å². The number of anilines is 1. The highest BCUT2D eigenvalue weighted by Crippen LogP contribution is 2.60. The van der Waals surface area contributed by atoms with E-state index in [0.29, 0.717) is 16.7 Å². The molecule has 0 aliphatic heterocycles. The van der Waals surface area contributed by atoms with Gasteiger partial charge in [-0.15, -0.1) is 10.2 Å². The molecule has 5 nitrogen and oxygen atoms in total. The van der Waals surface area contributed by atoms with Crippen LogP contribution in [0.1, 0.15) is 51.4 Å². The summed E-state index contributed by atoms with van der Waals surface area (Å²) in [5.41, 5.74) is -0.0323. The van der Waals surface area contributed by atoms with Gasteiger partial charge in [-0.25, -0.2) is 0 Å². The predicted octanol–water partition coefficient (Wildman–Crippen LogP) is 3.76. The minimum Gasteiger partial charge on any atom is -0.300 e. The third-order valence-corrected chi connectivity index (χ3v) is 8.51. The van der Waals surface area contributed by atoms with Gasteiger partial charge in [0.1, 0.15) is 5.78 Å². The van der Waals surface area contributed by atoms with Crippen LogP contribution in [0.15, 0.2) is 4.34 Å². The molecule has 6 rings (SSSR count). The van der Waals surface area contributed by atoms with Crippen molar-refractivity contribution in [1.82, 2.24) is 10.2 Å². The molecule has 25 heavy (non-hydrogen) atoms. The Morgan fingerprint density at radius 3 is 2.32 bits per heavy atom. The standard InChI is InChI=1S/C18H23N3O2S2/c22-14(18-6-10-3-11(7-18)5-12(4-10)8-18)9-24-17-21-20-16(25-17)19-15(23)13-1-2-13/h10-13H,1-9H2,(H,19,20,23). The first-order chi connectivity index (χ1) is 12.1. The number of hydrogen-bond donors (Lipinski definition) is 1. The number of thioether (sulfide) groups is 1. The van der Waals surface area contributed by atoms with Gasteiger partial charge in [-0.1, -0.05) is 23.1 Å². The fourth-order valence-electron chi connectivity index (χ4n) is 5.60. The lowest BCUT2D eigenvalue weighted by atomic mass is 9.48. The quantitative estimate of drug-likeness (QED) is 0.604. The first kappa shape index (κ1) is 16.2. The molecular formula is C18H23N3O2S2. The second kappa shape index (κ2) is 6.05. The summed E-state index contributed by atoms with van der Waals surface area (Å²) in [6, 6.07) is 0. The summed E-state index contributed by atoms with van der Waals surface area (Å²) in [5.74, 6) is 3.53. The molecule has 5 aliphatic carbocycles. The third-order valence-electron chi connectivity index (χ3n) is 6.54. The highest BCUT2D eigenvalue weighted by Gasteiger charge is 2.54. The van der Waals surface area contributed by atoms with Crippen molar-refractivity contribution in [3.63, 3.8) is 0 Å². The van der Waals surface area contributed by atoms with E-state index in [9.17, 15) is 9.59 Å². The van der Waals surface area contributed by atoms with E-state index in [0.717, 1.165) is 54.2 Å². The maximum Gasteiger partial charge on any atom is 0.229 e. The van der Waals surface area contributed by atoms with E-state index in [4.69, 9.17) is 0 Å². The van der Waals surface area contributed by atoms with Gasteiger partial charge in [-0.05, 0) is 69.1 Å². The summed E-state index contributed by atoms with van der Waals surface area (Å²) in [6.07, 6.45) is 9.41.